The van der Waals surface area contributed by atoms with Crippen LogP contribution in [0, 0.1) is 0 Å². The summed E-state index contributed by atoms with van der Waals surface area (Å²) in [5.41, 5.74) is 3.75. The van der Waals surface area contributed by atoms with Gasteiger partial charge in [0.25, 0.3) is 0 Å². The summed E-state index contributed by atoms with van der Waals surface area (Å²) in [6.45, 7) is 0.391. The van der Waals surface area contributed by atoms with Crippen molar-refractivity contribution in [3.05, 3.63) is 66.1 Å². The van der Waals surface area contributed by atoms with Crippen molar-refractivity contribution in [1.29, 1.82) is 0 Å². The molecule has 0 aliphatic heterocycles. The highest BCUT2D eigenvalue weighted by Gasteiger charge is 2.09. The van der Waals surface area contributed by atoms with Gasteiger partial charge in [0.05, 0.1) is 31.5 Å². The molecule has 2 heterocycles. The molecule has 1 N–H and O–H groups in total. The van der Waals surface area contributed by atoms with Crippen molar-refractivity contribution in [2.75, 3.05) is 7.11 Å². The van der Waals surface area contributed by atoms with Crippen LogP contribution in [0.25, 0.3) is 11.3 Å². The van der Waals surface area contributed by atoms with Crippen LogP contribution in [0.3, 0.4) is 0 Å². The first-order valence-corrected chi connectivity index (χ1v) is 7.98. The molecule has 2 aromatic heterocycles. The minimum absolute atomic E-state index is 0.0515. The quantitative estimate of drug-likeness (QED) is 0.750. The molecule has 6 nitrogen and oxygen atoms in total. The van der Waals surface area contributed by atoms with E-state index < -0.39 is 0 Å². The van der Waals surface area contributed by atoms with Gasteiger partial charge in [-0.15, -0.1) is 0 Å². The summed E-state index contributed by atoms with van der Waals surface area (Å²) in [7, 11) is 3.50. The lowest BCUT2D eigenvalue weighted by Crippen LogP contribution is -2.24. The molecular formula is C19H20N4O2. The van der Waals surface area contributed by atoms with Crippen LogP contribution in [-0.2, 0) is 24.8 Å². The van der Waals surface area contributed by atoms with Crippen molar-refractivity contribution in [2.24, 2.45) is 7.05 Å². The molecule has 0 aliphatic rings. The molecule has 0 atom stereocenters. The molecular weight excluding hydrogens is 316 g/mol. The lowest BCUT2D eigenvalue weighted by atomic mass is 10.1. The number of carbonyl (C=O) groups excluding carboxylic acids is 1. The maximum absolute atomic E-state index is 12.2. The topological polar surface area (TPSA) is 69.0 Å². The van der Waals surface area contributed by atoms with Crippen molar-refractivity contribution >= 4 is 5.91 Å². The number of hydrogen-bond acceptors (Lipinski definition) is 4. The highest BCUT2D eigenvalue weighted by molar-refractivity contribution is 5.78. The normalized spacial score (nSPS) is 10.5. The van der Waals surface area contributed by atoms with Crippen molar-refractivity contribution < 1.29 is 9.53 Å². The van der Waals surface area contributed by atoms with Crippen LogP contribution in [-0.4, -0.2) is 27.8 Å². The molecule has 128 valence electrons. The summed E-state index contributed by atoms with van der Waals surface area (Å²) < 4.78 is 6.98. The molecule has 0 unspecified atom stereocenters. The maximum atomic E-state index is 12.2. The van der Waals surface area contributed by atoms with Gasteiger partial charge in [0.2, 0.25) is 5.91 Å². The molecule has 3 rings (SSSR count). The van der Waals surface area contributed by atoms with Crippen LogP contribution in [0.15, 0.2) is 54.9 Å². The van der Waals surface area contributed by atoms with Crippen LogP contribution in [0.4, 0.5) is 0 Å². The first-order chi connectivity index (χ1) is 12.2. The molecule has 1 amide bonds. The number of amides is 1. The fourth-order valence-electron chi connectivity index (χ4n) is 2.63. The Labute approximate surface area is 146 Å². The molecule has 0 saturated carbocycles. The Morgan fingerprint density at radius 1 is 1.20 bits per heavy atom. The van der Waals surface area contributed by atoms with E-state index in [1.165, 1.54) is 0 Å². The number of aromatic nitrogens is 3. The summed E-state index contributed by atoms with van der Waals surface area (Å²) >= 11 is 0. The van der Waals surface area contributed by atoms with Gasteiger partial charge in [-0.2, -0.15) is 5.10 Å². The van der Waals surface area contributed by atoms with Gasteiger partial charge >= 0.3 is 0 Å². The Kier molecular flexibility index (Phi) is 5.09. The Morgan fingerprint density at radius 2 is 2.00 bits per heavy atom. The van der Waals surface area contributed by atoms with Crippen molar-refractivity contribution in [3.8, 4) is 17.0 Å². The second-order valence-electron chi connectivity index (χ2n) is 5.69. The summed E-state index contributed by atoms with van der Waals surface area (Å²) in [6.07, 6.45) is 3.80. The van der Waals surface area contributed by atoms with Gasteiger partial charge in [-0.3, -0.25) is 14.5 Å². The van der Waals surface area contributed by atoms with Crippen molar-refractivity contribution in [1.82, 2.24) is 20.1 Å². The number of rotatable bonds is 6. The van der Waals surface area contributed by atoms with Crippen LogP contribution in [0.2, 0.25) is 0 Å². The van der Waals surface area contributed by atoms with E-state index in [9.17, 15) is 4.79 Å². The van der Waals surface area contributed by atoms with Gasteiger partial charge in [0.15, 0.2) is 0 Å². The van der Waals surface area contributed by atoms with E-state index in [-0.39, 0.29) is 5.91 Å². The van der Waals surface area contributed by atoms with E-state index in [0.717, 1.165) is 28.3 Å². The zero-order valence-corrected chi connectivity index (χ0v) is 14.3. The van der Waals surface area contributed by atoms with E-state index in [1.54, 1.807) is 24.2 Å². The molecule has 1 aromatic carbocycles. The highest BCUT2D eigenvalue weighted by Crippen LogP contribution is 2.18. The predicted molar refractivity (Wildman–Crippen MR) is 95.0 cm³/mol. The number of hydrogen-bond donors (Lipinski definition) is 1. The second kappa shape index (κ2) is 7.61. The number of nitrogens with zero attached hydrogens (tertiary/aromatic N) is 3. The van der Waals surface area contributed by atoms with Crippen LogP contribution in [0.1, 0.15) is 11.3 Å². The average Bonchev–Trinajstić information content (AvgIpc) is 3.01. The smallest absolute Gasteiger partial charge is 0.224 e. The van der Waals surface area contributed by atoms with E-state index >= 15 is 0 Å². The lowest BCUT2D eigenvalue weighted by molar-refractivity contribution is -0.120. The lowest BCUT2D eigenvalue weighted by Gasteiger charge is -2.05. The molecule has 6 heteroatoms. The van der Waals surface area contributed by atoms with Crippen LogP contribution < -0.4 is 10.1 Å². The minimum atomic E-state index is -0.0515. The fraction of sp³-hybridized carbons (Fsp3) is 0.211. The number of nitrogens with one attached hydrogen (secondary N) is 1. The maximum Gasteiger partial charge on any atom is 0.224 e. The molecule has 3 aromatic rings. The molecule has 0 radical (unpaired) electrons. The number of carbonyl (C=O) groups is 1. The molecule has 0 aliphatic carbocycles. The number of methoxy groups -OCH3 is 1. The minimum Gasteiger partial charge on any atom is -0.497 e. The van der Waals surface area contributed by atoms with Crippen LogP contribution in [0.5, 0.6) is 5.75 Å². The largest absolute Gasteiger partial charge is 0.497 e. The van der Waals surface area contributed by atoms with Gasteiger partial charge < -0.3 is 10.1 Å². The predicted octanol–water partition coefficient (Wildman–Crippen LogP) is 2.35. The Hall–Kier alpha value is -3.15. The Bertz CT molecular complexity index is 859. The molecule has 25 heavy (non-hydrogen) atoms. The van der Waals surface area contributed by atoms with Crippen molar-refractivity contribution in [3.63, 3.8) is 0 Å². The Balaban J connectivity index is 1.61. The average molecular weight is 336 g/mol. The number of aryl methyl sites for hydroxylation is 1. The van der Waals surface area contributed by atoms with Gasteiger partial charge in [0, 0.05) is 25.0 Å². The third kappa shape index (κ3) is 4.23. The molecule has 0 fully saturated rings. The Morgan fingerprint density at radius 3 is 2.76 bits per heavy atom. The number of ether oxygens (including phenoxy) is 1. The van der Waals surface area contributed by atoms with E-state index in [0.29, 0.717) is 13.0 Å². The summed E-state index contributed by atoms with van der Waals surface area (Å²) in [5.74, 6) is 0.696. The van der Waals surface area contributed by atoms with Gasteiger partial charge in [-0.05, 0) is 35.9 Å². The second-order valence-corrected chi connectivity index (χ2v) is 5.69. The first kappa shape index (κ1) is 16.7. The zero-order valence-electron chi connectivity index (χ0n) is 14.3. The molecule has 0 saturated heterocycles. The van der Waals surface area contributed by atoms with E-state index in [4.69, 9.17) is 4.74 Å². The van der Waals surface area contributed by atoms with Gasteiger partial charge in [0.1, 0.15) is 5.75 Å². The first-order valence-electron chi connectivity index (χ1n) is 7.98. The molecule has 0 bridgehead atoms. The SMILES string of the molecule is COc1cccc(CC(=O)NCc2cc(-c3ccncc3)n(C)n2)c1. The standard InChI is InChI=1S/C19H20N4O2/c1-23-18(15-6-8-20-9-7-15)12-16(22-23)13-21-19(24)11-14-4-3-5-17(10-14)25-2/h3-10,12H,11,13H2,1-2H3,(H,21,24). The van der Waals surface area contributed by atoms with Crippen molar-refractivity contribution in [2.45, 2.75) is 13.0 Å². The third-order valence-corrected chi connectivity index (χ3v) is 3.87. The summed E-state index contributed by atoms with van der Waals surface area (Å²) in [6, 6.07) is 13.3. The van der Waals surface area contributed by atoms with Gasteiger partial charge in [-0.1, -0.05) is 12.1 Å². The number of pyridine rings is 1. The molecule has 0 spiro atoms. The fourth-order valence-corrected chi connectivity index (χ4v) is 2.63. The van der Waals surface area contributed by atoms with Gasteiger partial charge in [-0.25, -0.2) is 0 Å². The highest BCUT2D eigenvalue weighted by atomic mass is 16.5. The monoisotopic (exact) mass is 336 g/mol. The van der Waals surface area contributed by atoms with E-state index in [1.807, 2.05) is 49.5 Å². The summed E-state index contributed by atoms with van der Waals surface area (Å²) in [5, 5.41) is 7.36. The number of benzene rings is 1. The third-order valence-electron chi connectivity index (χ3n) is 3.87. The summed E-state index contributed by atoms with van der Waals surface area (Å²) in [4.78, 5) is 16.2. The zero-order chi connectivity index (χ0) is 17.6. The van der Waals surface area contributed by atoms with Crippen LogP contribution >= 0.6 is 0 Å². The van der Waals surface area contributed by atoms with E-state index in [2.05, 4.69) is 15.4 Å².